The van der Waals surface area contributed by atoms with E-state index < -0.39 is 0 Å². The van der Waals surface area contributed by atoms with Crippen LogP contribution in [-0.2, 0) is 13.2 Å². The van der Waals surface area contributed by atoms with E-state index >= 15 is 0 Å². The number of carbonyl (C=O) groups is 1. The predicted octanol–water partition coefficient (Wildman–Crippen LogP) is 6.55. The molecule has 0 saturated carbocycles. The van der Waals surface area contributed by atoms with Gasteiger partial charge in [0.15, 0.2) is 5.78 Å². The molecule has 0 unspecified atom stereocenters. The summed E-state index contributed by atoms with van der Waals surface area (Å²) in [7, 11) is 3.51. The third kappa shape index (κ3) is 8.05. The molecule has 0 heterocycles. The Morgan fingerprint density at radius 2 is 1.66 bits per heavy atom. The average Bonchev–Trinajstić information content (AvgIpc) is 2.84. The van der Waals surface area contributed by atoms with Crippen LogP contribution in [0.1, 0.15) is 48.3 Å². The monoisotopic (exact) mass is 433 g/mol. The molecule has 0 atom stereocenters. The molecule has 0 radical (unpaired) electrons. The van der Waals surface area contributed by atoms with Gasteiger partial charge in [-0.1, -0.05) is 69.8 Å². The van der Waals surface area contributed by atoms with Gasteiger partial charge in [0, 0.05) is 17.7 Å². The van der Waals surface area contributed by atoms with Crippen molar-refractivity contribution in [3.05, 3.63) is 101 Å². The van der Waals surface area contributed by atoms with E-state index in [1.807, 2.05) is 75.5 Å². The topological polar surface area (TPSA) is 47.6 Å². The van der Waals surface area contributed by atoms with Crippen LogP contribution in [0.15, 0.2) is 78.9 Å². The maximum atomic E-state index is 12.4. The molecule has 4 nitrogen and oxygen atoms in total. The van der Waals surface area contributed by atoms with E-state index in [2.05, 4.69) is 5.32 Å². The number of rotatable bonds is 9. The molecule has 3 aromatic carbocycles. The standard InChI is InChI=1S/C25H25NO3.C2H6.CH4/c1-26-17-22-10-8-19(16-25(22)29-18-20-6-4-3-5-7-20)9-15-24(27)21-11-13-23(28-2)14-12-21;1-2;/h3-16,26H,17-18H2,1-2H3;1-2H3;1H4/b15-9+;;. The lowest BCUT2D eigenvalue weighted by molar-refractivity contribution is 0.104. The zero-order chi connectivity index (χ0) is 22.5. The summed E-state index contributed by atoms with van der Waals surface area (Å²) in [5, 5.41) is 3.16. The first-order valence-electron chi connectivity index (χ1n) is 10.5. The minimum absolute atomic E-state index is 0. The second kappa shape index (κ2) is 14.6. The van der Waals surface area contributed by atoms with E-state index in [4.69, 9.17) is 9.47 Å². The van der Waals surface area contributed by atoms with Crippen LogP contribution in [0.4, 0.5) is 0 Å². The molecule has 4 heteroatoms. The van der Waals surface area contributed by atoms with Crippen LogP contribution in [0.25, 0.3) is 6.08 Å². The van der Waals surface area contributed by atoms with Gasteiger partial charge in [0.25, 0.3) is 0 Å². The van der Waals surface area contributed by atoms with Crippen LogP contribution in [0.3, 0.4) is 0 Å². The Bertz CT molecular complexity index is 964. The van der Waals surface area contributed by atoms with Crippen molar-refractivity contribution in [2.75, 3.05) is 14.2 Å². The number of carbonyl (C=O) groups excluding carboxylic acids is 1. The van der Waals surface area contributed by atoms with Crippen molar-refractivity contribution in [1.29, 1.82) is 0 Å². The van der Waals surface area contributed by atoms with Crippen LogP contribution < -0.4 is 14.8 Å². The Morgan fingerprint density at radius 3 is 2.28 bits per heavy atom. The molecule has 0 bridgehead atoms. The number of methoxy groups -OCH3 is 1. The number of ether oxygens (including phenoxy) is 2. The molecular formula is C28H35NO3. The molecule has 0 aromatic heterocycles. The highest BCUT2D eigenvalue weighted by molar-refractivity contribution is 6.06. The summed E-state index contributed by atoms with van der Waals surface area (Å²) in [6, 6.07) is 23.1. The lowest BCUT2D eigenvalue weighted by atomic mass is 10.1. The van der Waals surface area contributed by atoms with Gasteiger partial charge in [0.05, 0.1) is 7.11 Å². The van der Waals surface area contributed by atoms with Crippen molar-refractivity contribution in [2.45, 2.75) is 34.4 Å². The third-order valence-corrected chi connectivity index (χ3v) is 4.50. The summed E-state index contributed by atoms with van der Waals surface area (Å²) >= 11 is 0. The molecule has 0 amide bonds. The number of benzene rings is 3. The van der Waals surface area contributed by atoms with Gasteiger partial charge in [-0.05, 0) is 54.6 Å². The Labute approximate surface area is 192 Å². The zero-order valence-electron chi connectivity index (χ0n) is 18.7. The fraction of sp³-hybridized carbons (Fsp3) is 0.250. The fourth-order valence-electron chi connectivity index (χ4n) is 2.90. The average molecular weight is 434 g/mol. The molecule has 1 N–H and O–H groups in total. The van der Waals surface area contributed by atoms with Crippen molar-refractivity contribution < 1.29 is 14.3 Å². The third-order valence-electron chi connectivity index (χ3n) is 4.50. The predicted molar refractivity (Wildman–Crippen MR) is 134 cm³/mol. The van der Waals surface area contributed by atoms with Crippen molar-refractivity contribution in [3.8, 4) is 11.5 Å². The number of hydrogen-bond donors (Lipinski definition) is 1. The van der Waals surface area contributed by atoms with E-state index in [0.29, 0.717) is 18.7 Å². The Morgan fingerprint density at radius 1 is 0.969 bits per heavy atom. The maximum Gasteiger partial charge on any atom is 0.185 e. The highest BCUT2D eigenvalue weighted by atomic mass is 16.5. The van der Waals surface area contributed by atoms with Gasteiger partial charge < -0.3 is 14.8 Å². The van der Waals surface area contributed by atoms with E-state index in [-0.39, 0.29) is 13.2 Å². The quantitative estimate of drug-likeness (QED) is 0.307. The fourth-order valence-corrected chi connectivity index (χ4v) is 2.90. The van der Waals surface area contributed by atoms with Gasteiger partial charge in [-0.2, -0.15) is 0 Å². The summed E-state index contributed by atoms with van der Waals surface area (Å²) in [4.78, 5) is 12.4. The highest BCUT2D eigenvalue weighted by Crippen LogP contribution is 2.23. The lowest BCUT2D eigenvalue weighted by Crippen LogP contribution is -2.07. The van der Waals surface area contributed by atoms with Crippen LogP contribution in [-0.4, -0.2) is 19.9 Å². The van der Waals surface area contributed by atoms with E-state index in [1.54, 1.807) is 37.5 Å². The van der Waals surface area contributed by atoms with Gasteiger partial charge >= 0.3 is 0 Å². The molecule has 32 heavy (non-hydrogen) atoms. The molecule has 0 spiro atoms. The lowest BCUT2D eigenvalue weighted by Gasteiger charge is -2.12. The van der Waals surface area contributed by atoms with Crippen molar-refractivity contribution >= 4 is 11.9 Å². The summed E-state index contributed by atoms with van der Waals surface area (Å²) < 4.78 is 11.2. The summed E-state index contributed by atoms with van der Waals surface area (Å²) in [6.07, 6.45) is 3.39. The summed E-state index contributed by atoms with van der Waals surface area (Å²) in [5.74, 6) is 1.48. The van der Waals surface area contributed by atoms with Gasteiger partial charge in [0.1, 0.15) is 18.1 Å². The Hall–Kier alpha value is -3.37. The SMILES string of the molecule is C.CC.CNCc1ccc(/C=C/C(=O)c2ccc(OC)cc2)cc1OCc1ccccc1. The summed E-state index contributed by atoms with van der Waals surface area (Å²) in [5.41, 5.74) is 3.71. The maximum absolute atomic E-state index is 12.4. The van der Waals surface area contributed by atoms with Gasteiger partial charge in [-0.3, -0.25) is 4.79 Å². The molecule has 0 fully saturated rings. The van der Waals surface area contributed by atoms with Gasteiger partial charge in [-0.25, -0.2) is 0 Å². The molecule has 0 saturated heterocycles. The van der Waals surface area contributed by atoms with Gasteiger partial charge in [0.2, 0.25) is 0 Å². The zero-order valence-corrected chi connectivity index (χ0v) is 18.7. The van der Waals surface area contributed by atoms with Crippen LogP contribution >= 0.6 is 0 Å². The first kappa shape index (κ1) is 26.7. The van der Waals surface area contributed by atoms with E-state index in [9.17, 15) is 4.79 Å². The first-order valence-corrected chi connectivity index (χ1v) is 10.5. The molecule has 170 valence electrons. The molecule has 3 rings (SSSR count). The number of nitrogens with one attached hydrogen (secondary N) is 1. The molecule has 0 aliphatic rings. The Balaban J connectivity index is 0.00000166. The Kier molecular flexibility index (Phi) is 12.2. The van der Waals surface area contributed by atoms with E-state index in [0.717, 1.165) is 28.2 Å². The van der Waals surface area contributed by atoms with Crippen molar-refractivity contribution in [1.82, 2.24) is 5.32 Å². The molecule has 3 aromatic rings. The first-order chi connectivity index (χ1) is 15.2. The van der Waals surface area contributed by atoms with Gasteiger partial charge in [-0.15, -0.1) is 0 Å². The van der Waals surface area contributed by atoms with Crippen LogP contribution in [0.2, 0.25) is 0 Å². The smallest absolute Gasteiger partial charge is 0.185 e. The van der Waals surface area contributed by atoms with E-state index in [1.165, 1.54) is 0 Å². The number of hydrogen-bond acceptors (Lipinski definition) is 4. The molecule has 0 aliphatic carbocycles. The number of ketones is 1. The van der Waals surface area contributed by atoms with Crippen LogP contribution in [0, 0.1) is 0 Å². The minimum Gasteiger partial charge on any atom is -0.497 e. The molecular weight excluding hydrogens is 398 g/mol. The largest absolute Gasteiger partial charge is 0.497 e. The molecule has 0 aliphatic heterocycles. The van der Waals surface area contributed by atoms with Crippen molar-refractivity contribution in [3.63, 3.8) is 0 Å². The normalized spacial score (nSPS) is 10.0. The summed E-state index contributed by atoms with van der Waals surface area (Å²) in [6.45, 7) is 5.20. The minimum atomic E-state index is -0.0568. The second-order valence-corrected chi connectivity index (χ2v) is 6.60. The second-order valence-electron chi connectivity index (χ2n) is 6.60. The highest BCUT2D eigenvalue weighted by Gasteiger charge is 2.06. The van der Waals surface area contributed by atoms with Crippen molar-refractivity contribution in [2.24, 2.45) is 0 Å². The van der Waals surface area contributed by atoms with Crippen LogP contribution in [0.5, 0.6) is 11.5 Å². The number of allylic oxidation sites excluding steroid dienone is 1.